The fourth-order valence-electron chi connectivity index (χ4n) is 3.87. The molecule has 170 valence electrons. The van der Waals surface area contributed by atoms with E-state index in [2.05, 4.69) is 15.2 Å². The lowest BCUT2D eigenvalue weighted by molar-refractivity contribution is -0.145. The van der Waals surface area contributed by atoms with Crippen LogP contribution < -0.4 is 0 Å². The van der Waals surface area contributed by atoms with Gasteiger partial charge in [0.05, 0.1) is 17.7 Å². The monoisotopic (exact) mass is 451 g/mol. The van der Waals surface area contributed by atoms with Gasteiger partial charge >= 0.3 is 6.18 Å². The SMILES string of the molecule is CC(C)n1ncc(C(=O)N2CCCC(c3nc(-c4cccc(F)c4)no3)C2)c1C(F)(F)F. The molecule has 4 rings (SSSR count). The first-order valence-corrected chi connectivity index (χ1v) is 10.2. The van der Waals surface area contributed by atoms with Crippen molar-refractivity contribution in [2.24, 2.45) is 0 Å². The average molecular weight is 451 g/mol. The van der Waals surface area contributed by atoms with Crippen molar-refractivity contribution >= 4 is 5.91 Å². The number of likely N-dealkylation sites (tertiary alicyclic amines) is 1. The second-order valence-corrected chi connectivity index (χ2v) is 8.00. The molecule has 0 saturated carbocycles. The summed E-state index contributed by atoms with van der Waals surface area (Å²) in [6.07, 6.45) is -2.55. The van der Waals surface area contributed by atoms with Crippen molar-refractivity contribution in [3.63, 3.8) is 0 Å². The van der Waals surface area contributed by atoms with Gasteiger partial charge in [-0.05, 0) is 38.8 Å². The standard InChI is InChI=1S/C21H21F4N5O2/c1-12(2)30-17(21(23,24)25)16(10-26-30)20(31)29-8-4-6-14(11-29)19-27-18(28-32-19)13-5-3-7-15(22)9-13/h3,5,7,9-10,12,14H,4,6,8,11H2,1-2H3. The molecule has 3 aromatic rings. The fraction of sp³-hybridized carbons (Fsp3) is 0.429. The van der Waals surface area contributed by atoms with Gasteiger partial charge in [-0.15, -0.1) is 0 Å². The summed E-state index contributed by atoms with van der Waals surface area (Å²) >= 11 is 0. The summed E-state index contributed by atoms with van der Waals surface area (Å²) in [6.45, 7) is 3.58. The van der Waals surface area contributed by atoms with E-state index in [9.17, 15) is 22.4 Å². The van der Waals surface area contributed by atoms with Crippen LogP contribution in [0.3, 0.4) is 0 Å². The number of benzene rings is 1. The zero-order chi connectivity index (χ0) is 23.0. The molecule has 2 aromatic heterocycles. The molecule has 1 atom stereocenters. The number of amides is 1. The zero-order valence-corrected chi connectivity index (χ0v) is 17.4. The molecule has 1 aliphatic heterocycles. The molecule has 1 unspecified atom stereocenters. The van der Waals surface area contributed by atoms with Gasteiger partial charge in [-0.25, -0.2) is 4.39 Å². The van der Waals surface area contributed by atoms with Gasteiger partial charge in [0.1, 0.15) is 5.82 Å². The lowest BCUT2D eigenvalue weighted by atomic mass is 9.97. The predicted octanol–water partition coefficient (Wildman–Crippen LogP) is 4.69. The van der Waals surface area contributed by atoms with Crippen LogP contribution in [0.1, 0.15) is 60.6 Å². The number of halogens is 4. The van der Waals surface area contributed by atoms with E-state index in [0.29, 0.717) is 24.9 Å². The summed E-state index contributed by atoms with van der Waals surface area (Å²) < 4.78 is 60.6. The third-order valence-corrected chi connectivity index (χ3v) is 5.37. The fourth-order valence-corrected chi connectivity index (χ4v) is 3.87. The van der Waals surface area contributed by atoms with E-state index < -0.39 is 35.2 Å². The highest BCUT2D eigenvalue weighted by Gasteiger charge is 2.42. The van der Waals surface area contributed by atoms with Crippen molar-refractivity contribution in [3.05, 3.63) is 53.4 Å². The first-order valence-electron chi connectivity index (χ1n) is 10.2. The van der Waals surface area contributed by atoms with E-state index in [-0.39, 0.29) is 24.2 Å². The van der Waals surface area contributed by atoms with Gasteiger partial charge in [0.25, 0.3) is 5.91 Å². The summed E-state index contributed by atoms with van der Waals surface area (Å²) in [5.74, 6) is -1.04. The summed E-state index contributed by atoms with van der Waals surface area (Å²) in [5, 5.41) is 7.68. The van der Waals surface area contributed by atoms with Crippen LogP contribution in [0.5, 0.6) is 0 Å². The second-order valence-electron chi connectivity index (χ2n) is 8.00. The molecule has 11 heteroatoms. The lowest BCUT2D eigenvalue weighted by Crippen LogP contribution is -2.40. The average Bonchev–Trinajstić information content (AvgIpc) is 3.41. The minimum Gasteiger partial charge on any atom is -0.339 e. The molecular formula is C21H21F4N5O2. The van der Waals surface area contributed by atoms with Crippen LogP contribution in [0.2, 0.25) is 0 Å². The molecule has 32 heavy (non-hydrogen) atoms. The van der Waals surface area contributed by atoms with Crippen LogP contribution in [-0.2, 0) is 6.18 Å². The highest BCUT2D eigenvalue weighted by atomic mass is 19.4. The number of carbonyl (C=O) groups excluding carboxylic acids is 1. The Kier molecular flexibility index (Phi) is 5.74. The number of rotatable bonds is 4. The summed E-state index contributed by atoms with van der Waals surface area (Å²) in [4.78, 5) is 18.7. The van der Waals surface area contributed by atoms with Crippen LogP contribution in [0.4, 0.5) is 17.6 Å². The molecular weight excluding hydrogens is 430 g/mol. The Balaban J connectivity index is 1.56. The Bertz CT molecular complexity index is 1120. The summed E-state index contributed by atoms with van der Waals surface area (Å²) in [6, 6.07) is 5.18. The lowest BCUT2D eigenvalue weighted by Gasteiger charge is -2.31. The van der Waals surface area contributed by atoms with Crippen LogP contribution in [0.15, 0.2) is 35.0 Å². The number of alkyl halides is 3. The van der Waals surface area contributed by atoms with Crippen molar-refractivity contribution in [1.82, 2.24) is 24.8 Å². The first kappa shape index (κ1) is 22.0. The van der Waals surface area contributed by atoms with Gasteiger partial charge in [-0.3, -0.25) is 9.48 Å². The molecule has 0 spiro atoms. The minimum atomic E-state index is -4.71. The molecule has 0 N–H and O–H groups in total. The summed E-state index contributed by atoms with van der Waals surface area (Å²) in [7, 11) is 0. The number of hydrogen-bond donors (Lipinski definition) is 0. The maximum Gasteiger partial charge on any atom is 0.433 e. The molecule has 1 aliphatic rings. The Morgan fingerprint density at radius 3 is 2.75 bits per heavy atom. The number of hydrogen-bond acceptors (Lipinski definition) is 5. The van der Waals surface area contributed by atoms with Crippen molar-refractivity contribution in [2.45, 2.75) is 44.8 Å². The zero-order valence-electron chi connectivity index (χ0n) is 17.4. The number of nitrogens with zero attached hydrogens (tertiary/aromatic N) is 5. The molecule has 7 nitrogen and oxygen atoms in total. The molecule has 0 bridgehead atoms. The highest BCUT2D eigenvalue weighted by Crippen LogP contribution is 2.35. The van der Waals surface area contributed by atoms with Gasteiger partial charge in [0, 0.05) is 24.7 Å². The molecule has 1 saturated heterocycles. The number of piperidine rings is 1. The topological polar surface area (TPSA) is 77.1 Å². The van der Waals surface area contributed by atoms with Gasteiger partial charge in [0.2, 0.25) is 11.7 Å². The second kappa shape index (κ2) is 8.36. The van der Waals surface area contributed by atoms with Crippen molar-refractivity contribution in [1.29, 1.82) is 0 Å². The van der Waals surface area contributed by atoms with E-state index in [1.54, 1.807) is 19.9 Å². The Morgan fingerprint density at radius 2 is 2.06 bits per heavy atom. The Morgan fingerprint density at radius 1 is 1.28 bits per heavy atom. The summed E-state index contributed by atoms with van der Waals surface area (Å²) in [5.41, 5.74) is -1.08. The van der Waals surface area contributed by atoms with Crippen LogP contribution in [0.25, 0.3) is 11.4 Å². The van der Waals surface area contributed by atoms with Crippen LogP contribution in [0, 0.1) is 5.82 Å². The number of aromatic nitrogens is 4. The van der Waals surface area contributed by atoms with Gasteiger partial charge in [-0.2, -0.15) is 23.3 Å². The normalized spacial score (nSPS) is 17.2. The minimum absolute atomic E-state index is 0.133. The first-order chi connectivity index (χ1) is 15.1. The maximum atomic E-state index is 13.7. The van der Waals surface area contributed by atoms with Crippen molar-refractivity contribution in [2.75, 3.05) is 13.1 Å². The van der Waals surface area contributed by atoms with Gasteiger partial charge in [-0.1, -0.05) is 17.3 Å². The van der Waals surface area contributed by atoms with Crippen molar-refractivity contribution < 1.29 is 26.9 Å². The van der Waals surface area contributed by atoms with E-state index in [1.807, 2.05) is 0 Å². The molecule has 0 aliphatic carbocycles. The van der Waals surface area contributed by atoms with E-state index in [0.717, 1.165) is 10.9 Å². The Labute approximate surface area is 181 Å². The molecule has 1 aromatic carbocycles. The molecule has 1 amide bonds. The van der Waals surface area contributed by atoms with Crippen LogP contribution in [-0.4, -0.2) is 43.8 Å². The third kappa shape index (κ3) is 4.23. The maximum absolute atomic E-state index is 13.7. The van der Waals surface area contributed by atoms with Gasteiger partial charge in [0.15, 0.2) is 5.69 Å². The van der Waals surface area contributed by atoms with Crippen molar-refractivity contribution in [3.8, 4) is 11.4 Å². The molecule has 0 radical (unpaired) electrons. The smallest absolute Gasteiger partial charge is 0.339 e. The Hall–Kier alpha value is -3.24. The van der Waals surface area contributed by atoms with E-state index in [4.69, 9.17) is 4.52 Å². The van der Waals surface area contributed by atoms with Crippen LogP contribution >= 0.6 is 0 Å². The molecule has 1 fully saturated rings. The van der Waals surface area contributed by atoms with E-state index in [1.165, 1.54) is 23.1 Å². The highest BCUT2D eigenvalue weighted by molar-refractivity contribution is 5.95. The predicted molar refractivity (Wildman–Crippen MR) is 105 cm³/mol. The van der Waals surface area contributed by atoms with E-state index >= 15 is 0 Å². The third-order valence-electron chi connectivity index (χ3n) is 5.37. The quantitative estimate of drug-likeness (QED) is 0.538. The molecule has 3 heterocycles. The number of carbonyl (C=O) groups is 1. The largest absolute Gasteiger partial charge is 0.433 e. The van der Waals surface area contributed by atoms with Gasteiger partial charge < -0.3 is 9.42 Å².